The molecule has 4 nitrogen and oxygen atoms in total. The zero-order valence-electron chi connectivity index (χ0n) is 12.4. The average molecular weight is 296 g/mol. The normalized spacial score (nSPS) is 33.1. The Labute approximate surface area is 129 Å². The number of hydrogen-bond donors (Lipinski definition) is 1. The van der Waals surface area contributed by atoms with Crippen LogP contribution >= 0.6 is 0 Å². The summed E-state index contributed by atoms with van der Waals surface area (Å²) in [7, 11) is 0. The Morgan fingerprint density at radius 2 is 1.77 bits per heavy atom. The van der Waals surface area contributed by atoms with E-state index >= 15 is 0 Å². The van der Waals surface area contributed by atoms with Gasteiger partial charge in [0.25, 0.3) is 0 Å². The Balaban J connectivity index is 1.64. The number of aliphatic carboxylic acids is 1. The summed E-state index contributed by atoms with van der Waals surface area (Å²) in [6.45, 7) is 1.93. The Kier molecular flexibility index (Phi) is 2.74. The van der Waals surface area contributed by atoms with E-state index in [9.17, 15) is 14.7 Å². The predicted molar refractivity (Wildman–Crippen MR) is 79.6 cm³/mol. The fourth-order valence-electron chi connectivity index (χ4n) is 4.61. The van der Waals surface area contributed by atoms with Gasteiger partial charge in [0.15, 0.2) is 0 Å². The molecule has 0 aromatic heterocycles. The molecule has 0 aliphatic heterocycles. The quantitative estimate of drug-likeness (QED) is 0.860. The molecular weight excluding hydrogens is 278 g/mol. The molecule has 2 fully saturated rings. The number of rotatable bonds is 3. The van der Waals surface area contributed by atoms with Crippen LogP contribution in [0.1, 0.15) is 18.4 Å². The van der Waals surface area contributed by atoms with Crippen molar-refractivity contribution in [3.63, 3.8) is 0 Å². The van der Waals surface area contributed by atoms with E-state index in [4.69, 9.17) is 0 Å². The lowest BCUT2D eigenvalue weighted by Crippen LogP contribution is -2.43. The molecule has 114 valence electrons. The van der Waals surface area contributed by atoms with Gasteiger partial charge in [-0.25, -0.2) is 0 Å². The van der Waals surface area contributed by atoms with E-state index in [0.717, 1.165) is 24.1 Å². The van der Waals surface area contributed by atoms with Crippen LogP contribution in [0.5, 0.6) is 0 Å². The molecule has 2 bridgehead atoms. The third kappa shape index (κ3) is 1.70. The van der Waals surface area contributed by atoms with E-state index in [1.54, 1.807) is 0 Å². The van der Waals surface area contributed by atoms with E-state index in [1.165, 1.54) is 0 Å². The number of carboxylic acids is 1. The van der Waals surface area contributed by atoms with Crippen molar-refractivity contribution in [2.75, 3.05) is 5.32 Å². The van der Waals surface area contributed by atoms with Gasteiger partial charge < -0.3 is 15.2 Å². The Bertz CT molecular complexity index is 689. The van der Waals surface area contributed by atoms with E-state index in [1.807, 2.05) is 37.3 Å². The second kappa shape index (κ2) is 4.45. The highest BCUT2D eigenvalue weighted by atomic mass is 16.4. The highest BCUT2D eigenvalue weighted by Crippen LogP contribution is 2.71. The third-order valence-corrected chi connectivity index (χ3v) is 5.82. The van der Waals surface area contributed by atoms with E-state index in [2.05, 4.69) is 11.4 Å². The average Bonchev–Trinajstić information content (AvgIpc) is 3.15. The van der Waals surface area contributed by atoms with Gasteiger partial charge in [-0.2, -0.15) is 0 Å². The summed E-state index contributed by atoms with van der Waals surface area (Å²) in [6, 6.07) is 7.54. The van der Waals surface area contributed by atoms with Gasteiger partial charge in [0, 0.05) is 17.6 Å². The second-order valence-corrected chi connectivity index (χ2v) is 6.84. The molecule has 0 unspecified atom stereocenters. The standard InChI is InChI=1S/C18H19NO3/c1-10-4-2-3-5-13(10)19-16(20)14-11-6-7-12(15(14)17(21)22)18(11)8-9-18/h2-7,11-12,14-15H,8-9H2,1H3,(H,19,20)(H,21,22)/p-1/t11-,12+,14-,15+/m1/s1. The first-order valence-electron chi connectivity index (χ1n) is 7.80. The van der Waals surface area contributed by atoms with E-state index in [0.29, 0.717) is 0 Å². The minimum atomic E-state index is -1.09. The molecule has 4 rings (SSSR count). The number of carbonyl (C=O) groups is 2. The van der Waals surface area contributed by atoms with Crippen LogP contribution in [0, 0.1) is 36.0 Å². The summed E-state index contributed by atoms with van der Waals surface area (Å²) in [5.41, 5.74) is 1.75. The van der Waals surface area contributed by atoms with E-state index < -0.39 is 17.8 Å². The fourth-order valence-corrected chi connectivity index (χ4v) is 4.61. The topological polar surface area (TPSA) is 69.2 Å². The van der Waals surface area contributed by atoms with Crippen molar-refractivity contribution in [3.05, 3.63) is 42.0 Å². The van der Waals surface area contributed by atoms with Gasteiger partial charge in [0.05, 0.1) is 5.92 Å². The van der Waals surface area contributed by atoms with Gasteiger partial charge in [-0.15, -0.1) is 0 Å². The molecule has 4 heteroatoms. The molecule has 22 heavy (non-hydrogen) atoms. The van der Waals surface area contributed by atoms with Crippen LogP contribution in [0.2, 0.25) is 0 Å². The second-order valence-electron chi connectivity index (χ2n) is 6.84. The van der Waals surface area contributed by atoms with Crippen LogP contribution in [0.4, 0.5) is 5.69 Å². The maximum atomic E-state index is 12.8. The van der Waals surface area contributed by atoms with E-state index in [-0.39, 0.29) is 23.2 Å². The fraction of sp³-hybridized carbons (Fsp3) is 0.444. The first-order chi connectivity index (χ1) is 10.5. The van der Waals surface area contributed by atoms with Gasteiger partial charge >= 0.3 is 0 Å². The van der Waals surface area contributed by atoms with Crippen molar-refractivity contribution in [3.8, 4) is 0 Å². The summed E-state index contributed by atoms with van der Waals surface area (Å²) in [5, 5.41) is 14.5. The smallest absolute Gasteiger partial charge is 0.228 e. The molecule has 1 spiro atoms. The summed E-state index contributed by atoms with van der Waals surface area (Å²) >= 11 is 0. The first kappa shape index (κ1) is 13.6. The third-order valence-electron chi connectivity index (χ3n) is 5.82. The molecular formula is C18H18NO3-. The van der Waals surface area contributed by atoms with Gasteiger partial charge in [-0.1, -0.05) is 30.4 Å². The number of aryl methyl sites for hydroxylation is 1. The van der Waals surface area contributed by atoms with Crippen molar-refractivity contribution < 1.29 is 14.7 Å². The number of amides is 1. The summed E-state index contributed by atoms with van der Waals surface area (Å²) in [4.78, 5) is 24.4. The highest BCUT2D eigenvalue weighted by Gasteiger charge is 2.68. The van der Waals surface area contributed by atoms with Crippen molar-refractivity contribution in [2.45, 2.75) is 19.8 Å². The summed E-state index contributed by atoms with van der Waals surface area (Å²) in [5.74, 6) is -2.47. The lowest BCUT2D eigenvalue weighted by Gasteiger charge is -2.27. The van der Waals surface area contributed by atoms with Crippen molar-refractivity contribution in [1.29, 1.82) is 0 Å². The Morgan fingerprint density at radius 3 is 2.36 bits per heavy atom. The largest absolute Gasteiger partial charge is 0.550 e. The van der Waals surface area contributed by atoms with Gasteiger partial charge in [0.2, 0.25) is 5.91 Å². The maximum absolute atomic E-state index is 12.8. The molecule has 1 amide bonds. The van der Waals surface area contributed by atoms with Crippen LogP contribution in [-0.2, 0) is 9.59 Å². The lowest BCUT2D eigenvalue weighted by molar-refractivity contribution is -0.313. The lowest BCUT2D eigenvalue weighted by atomic mass is 9.82. The molecule has 3 aliphatic carbocycles. The van der Waals surface area contributed by atoms with Crippen molar-refractivity contribution >= 4 is 17.6 Å². The summed E-state index contributed by atoms with van der Waals surface area (Å²) < 4.78 is 0. The highest BCUT2D eigenvalue weighted by molar-refractivity contribution is 5.97. The molecule has 1 N–H and O–H groups in total. The minimum Gasteiger partial charge on any atom is -0.550 e. The number of allylic oxidation sites excluding steroid dienone is 2. The monoisotopic (exact) mass is 296 g/mol. The Morgan fingerprint density at radius 1 is 1.14 bits per heavy atom. The minimum absolute atomic E-state index is 0.0263. The molecule has 1 aromatic carbocycles. The number of hydrogen-bond acceptors (Lipinski definition) is 3. The van der Waals surface area contributed by atoms with Crippen LogP contribution in [0.25, 0.3) is 0 Å². The molecule has 0 saturated heterocycles. The zero-order valence-corrected chi connectivity index (χ0v) is 12.4. The number of nitrogens with one attached hydrogen (secondary N) is 1. The van der Waals surface area contributed by atoms with Crippen LogP contribution in [-0.4, -0.2) is 11.9 Å². The SMILES string of the molecule is Cc1ccccc1NC(=O)[C@H]1[C@@H](C(=O)[O-])[C@@H]2C=C[C@H]1C21CC1. The van der Waals surface area contributed by atoms with Crippen LogP contribution in [0.3, 0.4) is 0 Å². The molecule has 3 aliphatic rings. The van der Waals surface area contributed by atoms with Crippen LogP contribution in [0.15, 0.2) is 36.4 Å². The van der Waals surface area contributed by atoms with Gasteiger partial charge in [0.1, 0.15) is 0 Å². The molecule has 0 heterocycles. The molecule has 1 aromatic rings. The molecule has 0 radical (unpaired) electrons. The number of anilines is 1. The Hall–Kier alpha value is -2.10. The van der Waals surface area contributed by atoms with Crippen molar-refractivity contribution in [1.82, 2.24) is 0 Å². The predicted octanol–water partition coefficient (Wildman–Crippen LogP) is 1.51. The number of carbonyl (C=O) groups excluding carboxylic acids is 2. The van der Waals surface area contributed by atoms with Gasteiger partial charge in [-0.05, 0) is 48.6 Å². The molecule has 2 saturated carbocycles. The maximum Gasteiger partial charge on any atom is 0.228 e. The van der Waals surface area contributed by atoms with Crippen LogP contribution < -0.4 is 10.4 Å². The van der Waals surface area contributed by atoms with Gasteiger partial charge in [-0.3, -0.25) is 4.79 Å². The number of benzene rings is 1. The number of carboxylic acid groups (broad SMARTS) is 1. The molecule has 4 atom stereocenters. The number of para-hydroxylation sites is 1. The first-order valence-corrected chi connectivity index (χ1v) is 7.80. The zero-order chi connectivity index (χ0) is 15.5. The van der Waals surface area contributed by atoms with Crippen molar-refractivity contribution in [2.24, 2.45) is 29.1 Å². The summed E-state index contributed by atoms with van der Waals surface area (Å²) in [6.07, 6.45) is 6.09.